The average Bonchev–Trinajstić information content (AvgIpc) is 2.30. The number of nitrogens with two attached hydrogens (primary N) is 1. The largest absolute Gasteiger partial charge is 0.386 e. The highest BCUT2D eigenvalue weighted by molar-refractivity contribution is 5.78. The monoisotopic (exact) mass is 242 g/mol. The van der Waals surface area contributed by atoms with E-state index in [1.54, 1.807) is 0 Å². The van der Waals surface area contributed by atoms with Gasteiger partial charge in [-0.25, -0.2) is 0 Å². The third kappa shape index (κ3) is 15.4. The molecule has 0 saturated heterocycles. The summed E-state index contributed by atoms with van der Waals surface area (Å²) in [6.07, 6.45) is 13.4. The molecule has 0 aliphatic heterocycles. The van der Waals surface area contributed by atoms with Crippen molar-refractivity contribution in [2.24, 2.45) is 5.73 Å². The summed E-state index contributed by atoms with van der Waals surface area (Å²) in [5.41, 5.74) is 5.18. The zero-order valence-electron chi connectivity index (χ0n) is 11.5. The van der Waals surface area contributed by atoms with Crippen molar-refractivity contribution in [1.82, 2.24) is 0 Å². The minimum absolute atomic E-state index is 0.122. The van der Waals surface area contributed by atoms with Crippen LogP contribution in [0.5, 0.6) is 0 Å². The summed E-state index contributed by atoms with van der Waals surface area (Å²) in [5, 5.41) is 6.99. The highest BCUT2D eigenvalue weighted by atomic mass is 16.5. The molecule has 0 aliphatic carbocycles. The van der Waals surface area contributed by atoms with E-state index >= 15 is 0 Å². The fourth-order valence-corrected chi connectivity index (χ4v) is 1.87. The second kappa shape index (κ2) is 13.5. The van der Waals surface area contributed by atoms with Crippen LogP contribution >= 0.6 is 0 Å². The van der Waals surface area contributed by atoms with E-state index in [1.807, 2.05) is 0 Å². The number of rotatable bonds is 13. The van der Waals surface area contributed by atoms with Crippen LogP contribution in [-0.4, -0.2) is 19.0 Å². The van der Waals surface area contributed by atoms with Gasteiger partial charge in [-0.1, -0.05) is 64.7 Å². The number of amidine groups is 1. The van der Waals surface area contributed by atoms with E-state index in [4.69, 9.17) is 15.9 Å². The molecule has 3 nitrogen and oxygen atoms in total. The lowest BCUT2D eigenvalue weighted by molar-refractivity contribution is 0.165. The Labute approximate surface area is 107 Å². The van der Waals surface area contributed by atoms with Gasteiger partial charge in [0.05, 0.1) is 0 Å². The summed E-state index contributed by atoms with van der Waals surface area (Å²) in [6, 6.07) is 0. The van der Waals surface area contributed by atoms with Crippen LogP contribution in [-0.2, 0) is 4.74 Å². The van der Waals surface area contributed by atoms with Gasteiger partial charge in [0.1, 0.15) is 12.4 Å². The van der Waals surface area contributed by atoms with Crippen molar-refractivity contribution in [3.05, 3.63) is 0 Å². The summed E-state index contributed by atoms with van der Waals surface area (Å²) in [5.74, 6) is 0.122. The third-order valence-electron chi connectivity index (χ3n) is 2.90. The number of hydrogen-bond acceptors (Lipinski definition) is 2. The highest BCUT2D eigenvalue weighted by Crippen LogP contribution is 2.10. The van der Waals surface area contributed by atoms with E-state index in [0.29, 0.717) is 0 Å². The first kappa shape index (κ1) is 16.4. The Morgan fingerprint density at radius 3 is 1.82 bits per heavy atom. The maximum atomic E-state index is 6.99. The molecule has 0 heterocycles. The lowest BCUT2D eigenvalue weighted by Crippen LogP contribution is -2.17. The molecule has 0 bridgehead atoms. The molecule has 0 amide bonds. The van der Waals surface area contributed by atoms with E-state index in [9.17, 15) is 0 Å². The molecule has 0 aliphatic rings. The predicted molar refractivity (Wildman–Crippen MR) is 74.6 cm³/mol. The van der Waals surface area contributed by atoms with E-state index < -0.39 is 0 Å². The maximum Gasteiger partial charge on any atom is 0.117 e. The van der Waals surface area contributed by atoms with Gasteiger partial charge in [0, 0.05) is 6.61 Å². The Balaban J connectivity index is 2.91. The summed E-state index contributed by atoms with van der Waals surface area (Å²) < 4.78 is 5.22. The molecule has 0 spiro atoms. The topological polar surface area (TPSA) is 59.1 Å². The van der Waals surface area contributed by atoms with Gasteiger partial charge in [0.15, 0.2) is 0 Å². The predicted octanol–water partition coefficient (Wildman–Crippen LogP) is 3.86. The number of unbranched alkanes of at least 4 members (excludes halogenated alkanes) is 9. The van der Waals surface area contributed by atoms with Crippen LogP contribution < -0.4 is 5.73 Å². The average molecular weight is 242 g/mol. The first-order chi connectivity index (χ1) is 8.27. The zero-order chi connectivity index (χ0) is 12.8. The van der Waals surface area contributed by atoms with Crippen molar-refractivity contribution in [3.8, 4) is 0 Å². The molecule has 0 rings (SSSR count). The van der Waals surface area contributed by atoms with Crippen LogP contribution in [0.1, 0.15) is 71.1 Å². The lowest BCUT2D eigenvalue weighted by Gasteiger charge is -2.03. The Kier molecular flexibility index (Phi) is 13.0. The Morgan fingerprint density at radius 2 is 1.35 bits per heavy atom. The standard InChI is InChI=1S/C14H30N2O/c1-2-3-4-5-6-7-8-9-10-11-12-17-13-14(15)16/h2-13H2,1H3,(H3,15,16). The molecule has 0 aromatic rings. The maximum absolute atomic E-state index is 6.99. The van der Waals surface area contributed by atoms with Gasteiger partial charge >= 0.3 is 0 Å². The van der Waals surface area contributed by atoms with Crippen LogP contribution in [0.15, 0.2) is 0 Å². The van der Waals surface area contributed by atoms with E-state index in [2.05, 4.69) is 6.92 Å². The quantitative estimate of drug-likeness (QED) is 0.293. The van der Waals surface area contributed by atoms with Crippen molar-refractivity contribution >= 4 is 5.84 Å². The van der Waals surface area contributed by atoms with Crippen molar-refractivity contribution in [2.75, 3.05) is 13.2 Å². The van der Waals surface area contributed by atoms with Gasteiger partial charge in [0.2, 0.25) is 0 Å². The third-order valence-corrected chi connectivity index (χ3v) is 2.90. The fourth-order valence-electron chi connectivity index (χ4n) is 1.87. The van der Waals surface area contributed by atoms with Crippen molar-refractivity contribution in [2.45, 2.75) is 71.1 Å². The summed E-state index contributed by atoms with van der Waals surface area (Å²) >= 11 is 0. The van der Waals surface area contributed by atoms with E-state index in [0.717, 1.165) is 13.0 Å². The summed E-state index contributed by atoms with van der Waals surface area (Å²) in [6.45, 7) is 3.29. The van der Waals surface area contributed by atoms with Crippen LogP contribution in [0.4, 0.5) is 0 Å². The van der Waals surface area contributed by atoms with Crippen molar-refractivity contribution in [1.29, 1.82) is 5.41 Å². The number of nitrogens with one attached hydrogen (secondary N) is 1. The van der Waals surface area contributed by atoms with Gasteiger partial charge in [-0.2, -0.15) is 0 Å². The molecule has 102 valence electrons. The molecule has 0 unspecified atom stereocenters. The smallest absolute Gasteiger partial charge is 0.117 e. The van der Waals surface area contributed by atoms with Crippen molar-refractivity contribution < 1.29 is 4.74 Å². The first-order valence-electron chi connectivity index (χ1n) is 7.18. The van der Waals surface area contributed by atoms with Crippen molar-refractivity contribution in [3.63, 3.8) is 0 Å². The lowest BCUT2D eigenvalue weighted by atomic mass is 10.1. The molecule has 3 N–H and O–H groups in total. The highest BCUT2D eigenvalue weighted by Gasteiger charge is 1.93. The zero-order valence-corrected chi connectivity index (χ0v) is 11.5. The summed E-state index contributed by atoms with van der Waals surface area (Å²) in [7, 11) is 0. The second-order valence-corrected chi connectivity index (χ2v) is 4.76. The van der Waals surface area contributed by atoms with Crippen LogP contribution in [0.3, 0.4) is 0 Å². The van der Waals surface area contributed by atoms with Gasteiger partial charge in [0.25, 0.3) is 0 Å². The van der Waals surface area contributed by atoms with E-state index in [1.165, 1.54) is 57.8 Å². The minimum atomic E-state index is 0.122. The van der Waals surface area contributed by atoms with Gasteiger partial charge < -0.3 is 10.5 Å². The van der Waals surface area contributed by atoms with Gasteiger partial charge in [-0.15, -0.1) is 0 Å². The molecule has 3 heteroatoms. The molecule has 0 radical (unpaired) electrons. The Hall–Kier alpha value is -0.570. The van der Waals surface area contributed by atoms with Crippen LogP contribution in [0.2, 0.25) is 0 Å². The van der Waals surface area contributed by atoms with Crippen LogP contribution in [0, 0.1) is 5.41 Å². The normalized spacial score (nSPS) is 10.6. The molecule has 0 fully saturated rings. The second-order valence-electron chi connectivity index (χ2n) is 4.76. The summed E-state index contributed by atoms with van der Waals surface area (Å²) in [4.78, 5) is 0. The Morgan fingerprint density at radius 1 is 0.882 bits per heavy atom. The number of hydrogen-bond donors (Lipinski definition) is 2. The SMILES string of the molecule is CCCCCCCCCCCCOCC(=N)N. The minimum Gasteiger partial charge on any atom is -0.386 e. The first-order valence-corrected chi connectivity index (χ1v) is 7.18. The van der Waals surface area contributed by atoms with Gasteiger partial charge in [-0.05, 0) is 6.42 Å². The molecule has 0 atom stereocenters. The van der Waals surface area contributed by atoms with Crippen LogP contribution in [0.25, 0.3) is 0 Å². The molecule has 0 aromatic carbocycles. The molecule has 17 heavy (non-hydrogen) atoms. The molecule has 0 aromatic heterocycles. The van der Waals surface area contributed by atoms with Gasteiger partial charge in [-0.3, -0.25) is 5.41 Å². The fraction of sp³-hybridized carbons (Fsp3) is 0.929. The number of ether oxygens (including phenoxy) is 1. The molecular formula is C14H30N2O. The Bertz CT molecular complexity index is 172. The van der Waals surface area contributed by atoms with E-state index in [-0.39, 0.29) is 12.4 Å². The molecule has 0 saturated carbocycles. The molecular weight excluding hydrogens is 212 g/mol.